The minimum Gasteiger partial charge on any atom is -0.398 e. The molecule has 0 atom stereocenters. The number of halogens is 1. The van der Waals surface area contributed by atoms with Gasteiger partial charge in [0, 0.05) is 61.1 Å². The highest BCUT2D eigenvalue weighted by Crippen LogP contribution is 2.33. The number of piperazine rings is 1. The van der Waals surface area contributed by atoms with Crippen LogP contribution in [0.2, 0.25) is 5.02 Å². The van der Waals surface area contributed by atoms with Crippen LogP contribution in [0.4, 0.5) is 5.69 Å². The highest BCUT2D eigenvalue weighted by molar-refractivity contribution is 6.31. The maximum atomic E-state index is 6.25. The van der Waals surface area contributed by atoms with E-state index in [0.29, 0.717) is 5.02 Å². The molecular formula is C27H40ClN5. The second-order valence-corrected chi connectivity index (χ2v) is 11.1. The maximum Gasteiger partial charge on any atom is 0.0740 e. The molecule has 1 aliphatic heterocycles. The molecule has 6 heteroatoms. The van der Waals surface area contributed by atoms with E-state index in [4.69, 9.17) is 22.3 Å². The number of rotatable bonds is 12. The molecule has 0 amide bonds. The van der Waals surface area contributed by atoms with Gasteiger partial charge < -0.3 is 20.4 Å². The third-order valence-electron chi connectivity index (χ3n) is 7.60. The number of pyridine rings is 1. The smallest absolute Gasteiger partial charge is 0.0740 e. The number of hydrogen-bond acceptors (Lipinski definition) is 5. The highest BCUT2D eigenvalue weighted by Gasteiger charge is 2.29. The molecule has 2 heterocycles. The standard InChI is InChI=1S/C27H40ClN5/c28-23-8-9-25-26(29)18-24(30-27(25)17-23)3-1-10-31-13-15-32(16-14-31)11-2-12-33(19-21-4-5-21)20-22-6-7-22/h8-9,17-18,21-22H,1-7,10-16,19-20H2,(H2,29,30). The normalized spacial score (nSPS) is 20.2. The van der Waals surface area contributed by atoms with Gasteiger partial charge in [-0.25, -0.2) is 0 Å². The average molecular weight is 470 g/mol. The third-order valence-corrected chi connectivity index (χ3v) is 7.84. The Hall–Kier alpha value is -1.40. The molecule has 0 radical (unpaired) electrons. The van der Waals surface area contributed by atoms with Crippen molar-refractivity contribution in [2.75, 3.05) is 64.6 Å². The summed E-state index contributed by atoms with van der Waals surface area (Å²) in [5, 5.41) is 1.70. The van der Waals surface area contributed by atoms with Gasteiger partial charge in [-0.1, -0.05) is 11.6 Å². The van der Waals surface area contributed by atoms with Crippen LogP contribution in [0, 0.1) is 11.8 Å². The molecule has 5 nitrogen and oxygen atoms in total. The van der Waals surface area contributed by atoms with E-state index < -0.39 is 0 Å². The second kappa shape index (κ2) is 10.9. The van der Waals surface area contributed by atoms with Crippen LogP contribution in [0.15, 0.2) is 24.3 Å². The lowest BCUT2D eigenvalue weighted by atomic mass is 10.1. The van der Waals surface area contributed by atoms with Crippen molar-refractivity contribution >= 4 is 28.2 Å². The quantitative estimate of drug-likeness (QED) is 0.494. The first kappa shape index (κ1) is 23.3. The molecule has 33 heavy (non-hydrogen) atoms. The van der Waals surface area contributed by atoms with E-state index in [9.17, 15) is 0 Å². The Morgan fingerprint density at radius 3 is 2.18 bits per heavy atom. The first-order chi connectivity index (χ1) is 16.1. The summed E-state index contributed by atoms with van der Waals surface area (Å²) in [6.45, 7) is 11.3. The van der Waals surface area contributed by atoms with E-state index in [1.54, 1.807) is 0 Å². The fraction of sp³-hybridized carbons (Fsp3) is 0.667. The van der Waals surface area contributed by atoms with E-state index in [0.717, 1.165) is 53.5 Å². The molecule has 2 aliphatic carbocycles. The van der Waals surface area contributed by atoms with Crippen molar-refractivity contribution in [2.45, 2.75) is 44.9 Å². The molecule has 2 saturated carbocycles. The molecular weight excluding hydrogens is 430 g/mol. The molecule has 0 unspecified atom stereocenters. The van der Waals surface area contributed by atoms with Crippen molar-refractivity contribution in [1.82, 2.24) is 19.7 Å². The molecule has 0 spiro atoms. The van der Waals surface area contributed by atoms with Gasteiger partial charge in [-0.05, 0) is 101 Å². The molecule has 3 aliphatic rings. The molecule has 180 valence electrons. The number of fused-ring (bicyclic) bond motifs is 1. The van der Waals surface area contributed by atoms with Crippen LogP contribution in [0.3, 0.4) is 0 Å². The van der Waals surface area contributed by atoms with Gasteiger partial charge >= 0.3 is 0 Å². The van der Waals surface area contributed by atoms with Crippen molar-refractivity contribution in [2.24, 2.45) is 11.8 Å². The number of aryl methyl sites for hydroxylation is 1. The first-order valence-electron chi connectivity index (χ1n) is 13.1. The summed E-state index contributed by atoms with van der Waals surface area (Å²) < 4.78 is 0. The number of hydrogen-bond donors (Lipinski definition) is 1. The van der Waals surface area contributed by atoms with Gasteiger partial charge in [0.1, 0.15) is 0 Å². The predicted octanol–water partition coefficient (Wildman–Crippen LogP) is 4.53. The fourth-order valence-corrected chi connectivity index (χ4v) is 5.41. The molecule has 2 aromatic rings. The Labute approximate surface area is 204 Å². The summed E-state index contributed by atoms with van der Waals surface area (Å²) in [5.41, 5.74) is 9.02. The fourth-order valence-electron chi connectivity index (χ4n) is 5.24. The van der Waals surface area contributed by atoms with Crippen LogP contribution >= 0.6 is 11.6 Å². The summed E-state index contributed by atoms with van der Waals surface area (Å²) in [6, 6.07) is 7.78. The number of nitrogens with zero attached hydrogens (tertiary/aromatic N) is 4. The van der Waals surface area contributed by atoms with E-state index in [1.807, 2.05) is 24.3 Å². The molecule has 5 rings (SSSR count). The lowest BCUT2D eigenvalue weighted by Crippen LogP contribution is -2.47. The lowest BCUT2D eigenvalue weighted by Gasteiger charge is -2.35. The molecule has 2 N–H and O–H groups in total. The van der Waals surface area contributed by atoms with Gasteiger partial charge in [-0.2, -0.15) is 0 Å². The van der Waals surface area contributed by atoms with Crippen molar-refractivity contribution in [1.29, 1.82) is 0 Å². The zero-order chi connectivity index (χ0) is 22.6. The molecule has 3 fully saturated rings. The highest BCUT2D eigenvalue weighted by atomic mass is 35.5. The van der Waals surface area contributed by atoms with Crippen molar-refractivity contribution in [3.8, 4) is 0 Å². The van der Waals surface area contributed by atoms with Crippen molar-refractivity contribution in [3.05, 3.63) is 35.0 Å². The minimum atomic E-state index is 0.711. The molecule has 1 aromatic carbocycles. The van der Waals surface area contributed by atoms with E-state index in [-0.39, 0.29) is 0 Å². The Balaban J connectivity index is 0.993. The first-order valence-corrected chi connectivity index (χ1v) is 13.5. The maximum absolute atomic E-state index is 6.25. The van der Waals surface area contributed by atoms with Crippen LogP contribution in [0.5, 0.6) is 0 Å². The zero-order valence-electron chi connectivity index (χ0n) is 20.0. The third kappa shape index (κ3) is 7.05. The number of nitrogens with two attached hydrogens (primary N) is 1. The molecule has 1 aromatic heterocycles. The number of nitrogen functional groups attached to an aromatic ring is 1. The monoisotopic (exact) mass is 469 g/mol. The molecule has 0 bridgehead atoms. The van der Waals surface area contributed by atoms with E-state index >= 15 is 0 Å². The van der Waals surface area contributed by atoms with Crippen LogP contribution in [-0.4, -0.2) is 78.6 Å². The van der Waals surface area contributed by atoms with Gasteiger partial charge in [0.25, 0.3) is 0 Å². The second-order valence-electron chi connectivity index (χ2n) is 10.7. The van der Waals surface area contributed by atoms with E-state index in [2.05, 4.69) is 14.7 Å². The van der Waals surface area contributed by atoms with Crippen molar-refractivity contribution in [3.63, 3.8) is 0 Å². The summed E-state index contributed by atoms with van der Waals surface area (Å²) >= 11 is 6.14. The average Bonchev–Trinajstić information content (AvgIpc) is 3.72. The topological polar surface area (TPSA) is 48.6 Å². The number of aromatic nitrogens is 1. The Bertz CT molecular complexity index is 904. The predicted molar refractivity (Wildman–Crippen MR) is 139 cm³/mol. The summed E-state index contributed by atoms with van der Waals surface area (Å²) in [4.78, 5) is 12.9. The van der Waals surface area contributed by atoms with Gasteiger partial charge in [0.2, 0.25) is 0 Å². The van der Waals surface area contributed by atoms with Crippen LogP contribution in [-0.2, 0) is 6.42 Å². The lowest BCUT2D eigenvalue weighted by molar-refractivity contribution is 0.125. The van der Waals surface area contributed by atoms with E-state index in [1.165, 1.54) is 84.5 Å². The zero-order valence-corrected chi connectivity index (χ0v) is 20.8. The Morgan fingerprint density at radius 1 is 0.909 bits per heavy atom. The Kier molecular flexibility index (Phi) is 7.71. The SMILES string of the molecule is Nc1cc(CCCN2CCN(CCCN(CC3CC3)CC3CC3)CC2)nc2cc(Cl)ccc12. The van der Waals surface area contributed by atoms with Crippen molar-refractivity contribution < 1.29 is 0 Å². The minimum absolute atomic E-state index is 0.711. The largest absolute Gasteiger partial charge is 0.398 e. The Morgan fingerprint density at radius 2 is 1.55 bits per heavy atom. The van der Waals surface area contributed by atoms with Gasteiger partial charge in [-0.3, -0.25) is 4.98 Å². The summed E-state index contributed by atoms with van der Waals surface area (Å²) in [5.74, 6) is 2.04. The van der Waals surface area contributed by atoms with Gasteiger partial charge in [0.05, 0.1) is 5.52 Å². The van der Waals surface area contributed by atoms with Gasteiger partial charge in [0.15, 0.2) is 0 Å². The summed E-state index contributed by atoms with van der Waals surface area (Å²) in [6.07, 6.45) is 9.31. The number of anilines is 1. The van der Waals surface area contributed by atoms with Gasteiger partial charge in [-0.15, -0.1) is 0 Å². The number of benzene rings is 1. The van der Waals surface area contributed by atoms with Crippen LogP contribution < -0.4 is 5.73 Å². The van der Waals surface area contributed by atoms with Crippen LogP contribution in [0.25, 0.3) is 10.9 Å². The summed E-state index contributed by atoms with van der Waals surface area (Å²) in [7, 11) is 0. The van der Waals surface area contributed by atoms with Crippen LogP contribution in [0.1, 0.15) is 44.2 Å². The molecule has 1 saturated heterocycles.